The topological polar surface area (TPSA) is 85.2 Å². The standard InChI is InChI=1S/C18H16N2O4/c1-11-8-9-14(16(21)19-11)18(22)23-10-15-12(2)24-17(20-15)13-6-4-3-5-7-13/h3-9H,10H2,1-2H3,(H,19,21). The lowest BCUT2D eigenvalue weighted by molar-refractivity contribution is 0.0465. The van der Waals surface area contributed by atoms with E-state index in [1.54, 1.807) is 19.9 Å². The van der Waals surface area contributed by atoms with E-state index in [4.69, 9.17) is 9.15 Å². The van der Waals surface area contributed by atoms with Gasteiger partial charge in [0.25, 0.3) is 5.56 Å². The van der Waals surface area contributed by atoms with Crippen LogP contribution >= 0.6 is 0 Å². The molecule has 3 aromatic rings. The van der Waals surface area contributed by atoms with Crippen molar-refractivity contribution in [3.05, 3.63) is 75.5 Å². The van der Waals surface area contributed by atoms with Gasteiger partial charge in [-0.05, 0) is 38.1 Å². The summed E-state index contributed by atoms with van der Waals surface area (Å²) in [6.45, 7) is 3.43. The van der Waals surface area contributed by atoms with Crippen LogP contribution in [0, 0.1) is 13.8 Å². The number of ether oxygens (including phenoxy) is 1. The number of benzene rings is 1. The maximum absolute atomic E-state index is 12.0. The molecule has 0 aliphatic carbocycles. The van der Waals surface area contributed by atoms with Crippen LogP contribution in [0.2, 0.25) is 0 Å². The minimum absolute atomic E-state index is 0.0370. The molecule has 24 heavy (non-hydrogen) atoms. The van der Waals surface area contributed by atoms with Crippen LogP contribution in [-0.4, -0.2) is 15.9 Å². The van der Waals surface area contributed by atoms with Gasteiger partial charge in [-0.2, -0.15) is 0 Å². The van der Waals surface area contributed by atoms with Crippen LogP contribution in [0.4, 0.5) is 0 Å². The molecule has 0 spiro atoms. The average Bonchev–Trinajstić information content (AvgIpc) is 2.94. The first kappa shape index (κ1) is 15.7. The molecule has 0 atom stereocenters. The van der Waals surface area contributed by atoms with E-state index in [0.717, 1.165) is 5.56 Å². The lowest BCUT2D eigenvalue weighted by Gasteiger charge is -2.03. The molecule has 0 bridgehead atoms. The lowest BCUT2D eigenvalue weighted by Crippen LogP contribution is -2.20. The predicted octanol–water partition coefficient (Wildman–Crippen LogP) is 3.00. The lowest BCUT2D eigenvalue weighted by atomic mass is 10.2. The summed E-state index contributed by atoms with van der Waals surface area (Å²) in [5.41, 5.74) is 1.53. The van der Waals surface area contributed by atoms with Crippen molar-refractivity contribution < 1.29 is 13.9 Å². The summed E-state index contributed by atoms with van der Waals surface area (Å²) in [6, 6.07) is 12.5. The highest BCUT2D eigenvalue weighted by Gasteiger charge is 2.16. The van der Waals surface area contributed by atoms with Crippen molar-refractivity contribution in [3.63, 3.8) is 0 Å². The van der Waals surface area contributed by atoms with Crippen molar-refractivity contribution in [2.75, 3.05) is 0 Å². The minimum Gasteiger partial charge on any atom is -0.455 e. The van der Waals surface area contributed by atoms with Crippen molar-refractivity contribution in [2.45, 2.75) is 20.5 Å². The largest absolute Gasteiger partial charge is 0.455 e. The van der Waals surface area contributed by atoms with Gasteiger partial charge in [0.2, 0.25) is 5.89 Å². The number of aromatic nitrogens is 2. The van der Waals surface area contributed by atoms with Crippen molar-refractivity contribution in [2.24, 2.45) is 0 Å². The van der Waals surface area contributed by atoms with Crippen LogP contribution in [0.25, 0.3) is 11.5 Å². The van der Waals surface area contributed by atoms with Crippen molar-refractivity contribution in [1.82, 2.24) is 9.97 Å². The molecule has 1 aromatic carbocycles. The Labute approximate surface area is 138 Å². The number of aromatic amines is 1. The Balaban J connectivity index is 1.74. The average molecular weight is 324 g/mol. The molecule has 0 amide bonds. The van der Waals surface area contributed by atoms with Gasteiger partial charge < -0.3 is 14.1 Å². The first-order valence-electron chi connectivity index (χ1n) is 7.43. The van der Waals surface area contributed by atoms with Crippen LogP contribution < -0.4 is 5.56 Å². The van der Waals surface area contributed by atoms with Gasteiger partial charge in [-0.3, -0.25) is 4.79 Å². The number of rotatable bonds is 4. The molecule has 6 heteroatoms. The fourth-order valence-corrected chi connectivity index (χ4v) is 2.21. The fraction of sp³-hybridized carbons (Fsp3) is 0.167. The maximum atomic E-state index is 12.0. The zero-order valence-electron chi connectivity index (χ0n) is 13.3. The number of aryl methyl sites for hydroxylation is 2. The molecule has 0 aliphatic rings. The number of hydrogen-bond donors (Lipinski definition) is 1. The third-order valence-corrected chi connectivity index (χ3v) is 3.53. The molecule has 0 unspecified atom stereocenters. The minimum atomic E-state index is -0.695. The zero-order valence-corrected chi connectivity index (χ0v) is 13.3. The van der Waals surface area contributed by atoms with E-state index in [1.807, 2.05) is 30.3 Å². The molecule has 0 fully saturated rings. The molecular weight excluding hydrogens is 308 g/mol. The monoisotopic (exact) mass is 324 g/mol. The summed E-state index contributed by atoms with van der Waals surface area (Å²) in [5, 5.41) is 0. The van der Waals surface area contributed by atoms with E-state index >= 15 is 0 Å². The third-order valence-electron chi connectivity index (χ3n) is 3.53. The number of pyridine rings is 1. The van der Waals surface area contributed by atoms with E-state index in [1.165, 1.54) is 6.07 Å². The van der Waals surface area contributed by atoms with Gasteiger partial charge in [0, 0.05) is 11.3 Å². The quantitative estimate of drug-likeness (QED) is 0.746. The summed E-state index contributed by atoms with van der Waals surface area (Å²) in [7, 11) is 0. The SMILES string of the molecule is Cc1ccc(C(=O)OCc2nc(-c3ccccc3)oc2C)c(=O)[nH]1. The second-order valence-electron chi connectivity index (χ2n) is 5.35. The van der Waals surface area contributed by atoms with Gasteiger partial charge in [-0.15, -0.1) is 0 Å². The number of nitrogens with one attached hydrogen (secondary N) is 1. The molecule has 2 heterocycles. The number of oxazole rings is 1. The summed E-state index contributed by atoms with van der Waals surface area (Å²) in [6.07, 6.45) is 0. The molecule has 0 aliphatic heterocycles. The Bertz CT molecular complexity index is 926. The predicted molar refractivity (Wildman–Crippen MR) is 87.6 cm³/mol. The molecule has 122 valence electrons. The van der Waals surface area contributed by atoms with Gasteiger partial charge >= 0.3 is 5.97 Å². The van der Waals surface area contributed by atoms with Gasteiger partial charge in [0.15, 0.2) is 0 Å². The summed E-state index contributed by atoms with van der Waals surface area (Å²) in [4.78, 5) is 30.7. The van der Waals surface area contributed by atoms with Crippen molar-refractivity contribution in [3.8, 4) is 11.5 Å². The molecule has 6 nitrogen and oxygen atoms in total. The second-order valence-corrected chi connectivity index (χ2v) is 5.35. The number of nitrogens with zero attached hydrogens (tertiary/aromatic N) is 1. The fourth-order valence-electron chi connectivity index (χ4n) is 2.21. The van der Waals surface area contributed by atoms with E-state index in [2.05, 4.69) is 9.97 Å². The highest BCUT2D eigenvalue weighted by Crippen LogP contribution is 2.21. The van der Waals surface area contributed by atoms with Crippen molar-refractivity contribution in [1.29, 1.82) is 0 Å². The van der Waals surface area contributed by atoms with Gasteiger partial charge in [0.05, 0.1) is 0 Å². The van der Waals surface area contributed by atoms with E-state index in [9.17, 15) is 9.59 Å². The number of hydrogen-bond acceptors (Lipinski definition) is 5. The Hall–Kier alpha value is -3.15. The first-order valence-corrected chi connectivity index (χ1v) is 7.43. The summed E-state index contributed by atoms with van der Waals surface area (Å²) < 4.78 is 10.8. The zero-order chi connectivity index (χ0) is 17.1. The number of carbonyl (C=O) groups excluding carboxylic acids is 1. The Morgan fingerprint density at radius 1 is 1.17 bits per heavy atom. The van der Waals surface area contributed by atoms with Gasteiger partial charge in [-0.1, -0.05) is 18.2 Å². The Morgan fingerprint density at radius 2 is 1.92 bits per heavy atom. The van der Waals surface area contributed by atoms with Crippen LogP contribution in [0.1, 0.15) is 27.5 Å². The summed E-state index contributed by atoms with van der Waals surface area (Å²) >= 11 is 0. The molecule has 0 saturated carbocycles. The first-order chi connectivity index (χ1) is 11.5. The Kier molecular flexibility index (Phi) is 4.29. The second kappa shape index (κ2) is 6.54. The van der Waals surface area contributed by atoms with Crippen molar-refractivity contribution >= 4 is 5.97 Å². The Morgan fingerprint density at radius 3 is 2.62 bits per heavy atom. The number of esters is 1. The van der Waals surface area contributed by atoms with Gasteiger partial charge in [-0.25, -0.2) is 9.78 Å². The third kappa shape index (κ3) is 3.27. The highest BCUT2D eigenvalue weighted by molar-refractivity contribution is 5.88. The number of H-pyrrole nitrogens is 1. The maximum Gasteiger partial charge on any atom is 0.344 e. The normalized spacial score (nSPS) is 10.6. The highest BCUT2D eigenvalue weighted by atomic mass is 16.5. The molecule has 0 saturated heterocycles. The van der Waals surface area contributed by atoms with Crippen LogP contribution in [0.15, 0.2) is 51.7 Å². The van der Waals surface area contributed by atoms with Gasteiger partial charge in [0.1, 0.15) is 23.6 Å². The number of carbonyl (C=O) groups is 1. The van der Waals surface area contributed by atoms with E-state index < -0.39 is 11.5 Å². The van der Waals surface area contributed by atoms with E-state index in [-0.39, 0.29) is 12.2 Å². The van der Waals surface area contributed by atoms with E-state index in [0.29, 0.717) is 23.0 Å². The smallest absolute Gasteiger partial charge is 0.344 e. The summed E-state index contributed by atoms with van der Waals surface area (Å²) in [5.74, 6) is 0.340. The van der Waals surface area contributed by atoms with Crippen LogP contribution in [-0.2, 0) is 11.3 Å². The van der Waals surface area contributed by atoms with Crippen LogP contribution in [0.5, 0.6) is 0 Å². The molecule has 2 aromatic heterocycles. The van der Waals surface area contributed by atoms with Crippen LogP contribution in [0.3, 0.4) is 0 Å². The molecular formula is C18H16N2O4. The molecule has 0 radical (unpaired) electrons. The molecule has 1 N–H and O–H groups in total. The molecule has 3 rings (SSSR count).